The van der Waals surface area contributed by atoms with Crippen LogP contribution in [0.2, 0.25) is 15.1 Å². The van der Waals surface area contributed by atoms with Gasteiger partial charge in [-0.1, -0.05) is 59.1 Å². The molecular formula is C20H16Cl3NO2. The van der Waals surface area contributed by atoms with E-state index >= 15 is 0 Å². The Bertz CT molecular complexity index is 926. The Labute approximate surface area is 166 Å². The van der Waals surface area contributed by atoms with Gasteiger partial charge in [0.15, 0.2) is 0 Å². The molecule has 2 aliphatic rings. The number of allylic oxidation sites excluding steroid dienone is 2. The lowest BCUT2D eigenvalue weighted by molar-refractivity contribution is 0.0598. The number of rotatable bonds is 2. The van der Waals surface area contributed by atoms with Crippen molar-refractivity contribution in [2.24, 2.45) is 5.92 Å². The molecule has 0 unspecified atom stereocenters. The van der Waals surface area contributed by atoms with Gasteiger partial charge in [0.1, 0.15) is 0 Å². The van der Waals surface area contributed by atoms with Crippen LogP contribution in [0.4, 0.5) is 5.69 Å². The predicted octanol–water partition coefficient (Wildman–Crippen LogP) is 6.26. The van der Waals surface area contributed by atoms with E-state index in [1.165, 1.54) is 7.11 Å². The molecule has 134 valence electrons. The molecule has 2 aromatic rings. The quantitative estimate of drug-likeness (QED) is 0.471. The van der Waals surface area contributed by atoms with E-state index in [9.17, 15) is 4.79 Å². The highest BCUT2D eigenvalue weighted by Crippen LogP contribution is 2.53. The summed E-state index contributed by atoms with van der Waals surface area (Å²) < 4.78 is 4.96. The lowest BCUT2D eigenvalue weighted by atomic mass is 9.75. The molecule has 0 fully saturated rings. The molecule has 1 aliphatic carbocycles. The molecule has 2 aromatic carbocycles. The normalized spacial score (nSPS) is 23.2. The Kier molecular flexibility index (Phi) is 4.64. The van der Waals surface area contributed by atoms with Crippen LogP contribution in [-0.4, -0.2) is 13.1 Å². The maximum absolute atomic E-state index is 12.3. The molecule has 0 radical (unpaired) electrons. The second-order valence-electron chi connectivity index (χ2n) is 6.49. The van der Waals surface area contributed by atoms with E-state index < -0.39 is 0 Å². The third kappa shape index (κ3) is 2.70. The van der Waals surface area contributed by atoms with Gasteiger partial charge in [-0.15, -0.1) is 0 Å². The summed E-state index contributed by atoms with van der Waals surface area (Å²) in [7, 11) is 1.39. The van der Waals surface area contributed by atoms with E-state index in [-0.39, 0.29) is 23.8 Å². The third-order valence-corrected chi connectivity index (χ3v) is 6.34. The van der Waals surface area contributed by atoms with Crippen molar-refractivity contribution in [3.63, 3.8) is 0 Å². The zero-order valence-corrected chi connectivity index (χ0v) is 16.2. The predicted molar refractivity (Wildman–Crippen MR) is 106 cm³/mol. The molecule has 0 amide bonds. The Morgan fingerprint density at radius 1 is 1.15 bits per heavy atom. The van der Waals surface area contributed by atoms with Crippen LogP contribution in [0.5, 0.6) is 0 Å². The van der Waals surface area contributed by atoms with Crippen molar-refractivity contribution in [1.29, 1.82) is 0 Å². The van der Waals surface area contributed by atoms with Crippen molar-refractivity contribution in [3.8, 4) is 0 Å². The van der Waals surface area contributed by atoms with E-state index in [1.54, 1.807) is 18.2 Å². The van der Waals surface area contributed by atoms with Crippen molar-refractivity contribution < 1.29 is 9.53 Å². The molecule has 1 aliphatic heterocycles. The van der Waals surface area contributed by atoms with Gasteiger partial charge in [0.05, 0.1) is 39.5 Å². The molecule has 0 aromatic heterocycles. The molecule has 0 bridgehead atoms. The topological polar surface area (TPSA) is 38.3 Å². The zero-order valence-electron chi connectivity index (χ0n) is 13.9. The number of esters is 1. The van der Waals surface area contributed by atoms with E-state index in [4.69, 9.17) is 39.5 Å². The van der Waals surface area contributed by atoms with Crippen molar-refractivity contribution in [1.82, 2.24) is 0 Å². The van der Waals surface area contributed by atoms with Crippen molar-refractivity contribution in [2.75, 3.05) is 12.4 Å². The average Bonchev–Trinajstić information content (AvgIpc) is 3.13. The molecule has 3 nitrogen and oxygen atoms in total. The summed E-state index contributed by atoms with van der Waals surface area (Å²) in [4.78, 5) is 12.3. The minimum absolute atomic E-state index is 0.0547. The molecule has 26 heavy (non-hydrogen) atoms. The lowest BCUT2D eigenvalue weighted by Gasteiger charge is -2.39. The first-order valence-corrected chi connectivity index (χ1v) is 9.44. The monoisotopic (exact) mass is 407 g/mol. The SMILES string of the molecule is COC(=O)c1ccc(Cl)c2c1[C@@H]1C=CC[C@@H]1[C@H](c1cccc(Cl)c1Cl)N2. The highest BCUT2D eigenvalue weighted by atomic mass is 35.5. The molecule has 4 rings (SSSR count). The number of benzene rings is 2. The van der Waals surface area contributed by atoms with E-state index in [0.29, 0.717) is 20.6 Å². The summed E-state index contributed by atoms with van der Waals surface area (Å²) in [6.45, 7) is 0. The number of fused-ring (bicyclic) bond motifs is 3. The first kappa shape index (κ1) is 17.7. The molecule has 0 saturated carbocycles. The van der Waals surface area contributed by atoms with Gasteiger partial charge in [0.25, 0.3) is 0 Å². The Balaban J connectivity index is 1.89. The van der Waals surface area contributed by atoms with Gasteiger partial charge >= 0.3 is 5.97 Å². The number of ether oxygens (including phenoxy) is 1. The number of carbonyl (C=O) groups excluding carboxylic acids is 1. The Morgan fingerprint density at radius 2 is 1.96 bits per heavy atom. The van der Waals surface area contributed by atoms with Gasteiger partial charge in [0.2, 0.25) is 0 Å². The van der Waals surface area contributed by atoms with Crippen LogP contribution in [0, 0.1) is 5.92 Å². The average molecular weight is 409 g/mol. The van der Waals surface area contributed by atoms with Gasteiger partial charge < -0.3 is 10.1 Å². The standard InChI is InChI=1S/C20H16Cl3NO2/c1-26-20(25)12-8-9-15(22)19-16(12)10-4-2-5-11(10)18(24-19)13-6-3-7-14(21)17(13)23/h2-4,6-11,18,24H,5H2,1H3/t10-,11+,18-/m1/s1. The van der Waals surface area contributed by atoms with Gasteiger partial charge in [-0.3, -0.25) is 0 Å². The Hall–Kier alpha value is -1.68. The maximum Gasteiger partial charge on any atom is 0.338 e. The number of hydrogen-bond acceptors (Lipinski definition) is 3. The first-order valence-electron chi connectivity index (χ1n) is 8.30. The molecule has 1 N–H and O–H groups in total. The van der Waals surface area contributed by atoms with Crippen LogP contribution in [0.1, 0.15) is 39.9 Å². The van der Waals surface area contributed by atoms with Gasteiger partial charge in [-0.05, 0) is 41.7 Å². The number of nitrogens with one attached hydrogen (secondary N) is 1. The molecule has 0 spiro atoms. The molecule has 3 atom stereocenters. The fourth-order valence-corrected chi connectivity index (χ4v) is 4.68. The smallest absolute Gasteiger partial charge is 0.338 e. The maximum atomic E-state index is 12.3. The number of halogens is 3. The summed E-state index contributed by atoms with van der Waals surface area (Å²) in [6, 6.07) is 9.03. The van der Waals surface area contributed by atoms with Crippen molar-refractivity contribution >= 4 is 46.5 Å². The fourth-order valence-electron chi connectivity index (χ4n) is 4.03. The number of anilines is 1. The summed E-state index contributed by atoms with van der Waals surface area (Å²) >= 11 is 19.2. The zero-order chi connectivity index (χ0) is 18.4. The molecular weight excluding hydrogens is 393 g/mol. The number of methoxy groups -OCH3 is 1. The summed E-state index contributed by atoms with van der Waals surface area (Å²) in [5.41, 5.74) is 3.11. The van der Waals surface area contributed by atoms with E-state index in [1.807, 2.05) is 12.1 Å². The minimum Gasteiger partial charge on any atom is -0.465 e. The van der Waals surface area contributed by atoms with Crippen LogP contribution in [0.25, 0.3) is 0 Å². The van der Waals surface area contributed by atoms with E-state index in [2.05, 4.69) is 17.5 Å². The highest BCUT2D eigenvalue weighted by molar-refractivity contribution is 6.42. The van der Waals surface area contributed by atoms with Crippen LogP contribution < -0.4 is 5.32 Å². The largest absolute Gasteiger partial charge is 0.465 e. The van der Waals surface area contributed by atoms with Crippen molar-refractivity contribution in [3.05, 3.63) is 74.2 Å². The van der Waals surface area contributed by atoms with Crippen molar-refractivity contribution in [2.45, 2.75) is 18.4 Å². The lowest BCUT2D eigenvalue weighted by Crippen LogP contribution is -2.31. The van der Waals surface area contributed by atoms with E-state index in [0.717, 1.165) is 23.2 Å². The number of hydrogen-bond donors (Lipinski definition) is 1. The van der Waals surface area contributed by atoms with Crippen LogP contribution >= 0.6 is 34.8 Å². The molecule has 1 heterocycles. The Morgan fingerprint density at radius 3 is 2.73 bits per heavy atom. The van der Waals surface area contributed by atoms with Gasteiger partial charge in [-0.25, -0.2) is 4.79 Å². The second kappa shape index (κ2) is 6.80. The van der Waals surface area contributed by atoms with Gasteiger partial charge in [-0.2, -0.15) is 0 Å². The molecule has 6 heteroatoms. The van der Waals surface area contributed by atoms with Crippen LogP contribution in [-0.2, 0) is 4.74 Å². The van der Waals surface area contributed by atoms with Crippen LogP contribution in [0.3, 0.4) is 0 Å². The second-order valence-corrected chi connectivity index (χ2v) is 7.69. The number of carbonyl (C=O) groups is 1. The minimum atomic E-state index is -0.363. The highest BCUT2D eigenvalue weighted by Gasteiger charge is 2.41. The molecule has 0 saturated heterocycles. The summed E-state index contributed by atoms with van der Waals surface area (Å²) in [5, 5.41) is 5.15. The van der Waals surface area contributed by atoms with Gasteiger partial charge in [0, 0.05) is 5.92 Å². The van der Waals surface area contributed by atoms with Crippen LogP contribution in [0.15, 0.2) is 42.5 Å². The summed E-state index contributed by atoms with van der Waals surface area (Å²) in [5.74, 6) is -0.0996. The summed E-state index contributed by atoms with van der Waals surface area (Å²) in [6.07, 6.45) is 5.15. The first-order chi connectivity index (χ1) is 12.5. The third-order valence-electron chi connectivity index (χ3n) is 5.19. The fraction of sp³-hybridized carbons (Fsp3) is 0.250.